The second-order valence-electron chi connectivity index (χ2n) is 4.86. The molecule has 0 aliphatic heterocycles. The van der Waals surface area contributed by atoms with Crippen molar-refractivity contribution in [2.75, 3.05) is 30.7 Å². The lowest BCUT2D eigenvalue weighted by Gasteiger charge is -2.12. The molecule has 0 unspecified atom stereocenters. The van der Waals surface area contributed by atoms with E-state index in [1.807, 2.05) is 18.2 Å². The summed E-state index contributed by atoms with van der Waals surface area (Å²) in [7, 11) is -0.677. The van der Waals surface area contributed by atoms with Gasteiger partial charge in [-0.3, -0.25) is 4.72 Å². The van der Waals surface area contributed by atoms with E-state index in [0.29, 0.717) is 5.82 Å². The fraction of sp³-hybridized carbons (Fsp3) is 0.286. The third kappa shape index (κ3) is 4.68. The fourth-order valence-electron chi connectivity index (χ4n) is 1.68. The number of anilines is 2. The molecular formula is C14H19N5O2S. The van der Waals surface area contributed by atoms with Crippen LogP contribution in [-0.4, -0.2) is 43.6 Å². The van der Waals surface area contributed by atoms with Gasteiger partial charge in [-0.25, -0.2) is 0 Å². The van der Waals surface area contributed by atoms with Crippen LogP contribution in [0.3, 0.4) is 0 Å². The maximum atomic E-state index is 11.6. The van der Waals surface area contributed by atoms with Crippen LogP contribution in [0.15, 0.2) is 42.5 Å². The van der Waals surface area contributed by atoms with Crippen LogP contribution in [0, 0.1) is 0 Å². The Hall–Kier alpha value is -2.19. The Labute approximate surface area is 130 Å². The normalized spacial score (nSPS) is 11.4. The standard InChI is InChI=1S/C14H19N5O2S/c1-19(2)22(20,21)18-14-9-8-13(16-17-14)15-11-10-12-6-4-3-5-7-12/h3-9H,10-11H2,1-2H3,(H,15,16)(H,17,18). The second-order valence-corrected chi connectivity index (χ2v) is 6.74. The molecule has 1 heterocycles. The Kier molecular flexibility index (Phi) is 5.29. The van der Waals surface area contributed by atoms with E-state index in [-0.39, 0.29) is 5.82 Å². The summed E-state index contributed by atoms with van der Waals surface area (Å²) in [6.45, 7) is 0.724. The molecule has 2 aromatic rings. The van der Waals surface area contributed by atoms with Crippen LogP contribution < -0.4 is 10.0 Å². The largest absolute Gasteiger partial charge is 0.368 e. The van der Waals surface area contributed by atoms with Crippen molar-refractivity contribution < 1.29 is 8.42 Å². The number of benzene rings is 1. The highest BCUT2D eigenvalue weighted by atomic mass is 32.2. The number of hydrogen-bond acceptors (Lipinski definition) is 5. The van der Waals surface area contributed by atoms with Crippen molar-refractivity contribution in [3.8, 4) is 0 Å². The summed E-state index contributed by atoms with van der Waals surface area (Å²) in [5.41, 5.74) is 1.23. The van der Waals surface area contributed by atoms with Gasteiger partial charge in [-0.2, -0.15) is 12.7 Å². The van der Waals surface area contributed by atoms with Gasteiger partial charge < -0.3 is 5.32 Å². The van der Waals surface area contributed by atoms with Gasteiger partial charge in [0.2, 0.25) is 0 Å². The van der Waals surface area contributed by atoms with Gasteiger partial charge >= 0.3 is 10.2 Å². The van der Waals surface area contributed by atoms with E-state index in [9.17, 15) is 8.42 Å². The zero-order valence-electron chi connectivity index (χ0n) is 12.5. The van der Waals surface area contributed by atoms with Gasteiger partial charge in [0.25, 0.3) is 0 Å². The molecule has 0 saturated carbocycles. The molecule has 0 fully saturated rings. The van der Waals surface area contributed by atoms with Crippen molar-refractivity contribution in [2.24, 2.45) is 0 Å². The molecule has 7 nitrogen and oxygen atoms in total. The van der Waals surface area contributed by atoms with Gasteiger partial charge in [0.05, 0.1) is 0 Å². The predicted octanol–water partition coefficient (Wildman–Crippen LogP) is 1.35. The van der Waals surface area contributed by atoms with E-state index in [2.05, 4.69) is 32.4 Å². The van der Waals surface area contributed by atoms with Gasteiger partial charge in [0.1, 0.15) is 5.82 Å². The van der Waals surface area contributed by atoms with Crippen LogP contribution >= 0.6 is 0 Å². The Balaban J connectivity index is 1.87. The smallest absolute Gasteiger partial charge is 0.302 e. The quantitative estimate of drug-likeness (QED) is 0.804. The average molecular weight is 321 g/mol. The molecule has 22 heavy (non-hydrogen) atoms. The highest BCUT2D eigenvalue weighted by molar-refractivity contribution is 7.90. The van der Waals surface area contributed by atoms with Crippen molar-refractivity contribution >= 4 is 21.8 Å². The molecule has 1 aromatic heterocycles. The summed E-state index contributed by atoms with van der Waals surface area (Å²) in [6.07, 6.45) is 0.873. The highest BCUT2D eigenvalue weighted by Crippen LogP contribution is 2.09. The second kappa shape index (κ2) is 7.19. The summed E-state index contributed by atoms with van der Waals surface area (Å²) in [5.74, 6) is 0.783. The predicted molar refractivity (Wildman–Crippen MR) is 86.9 cm³/mol. The van der Waals surface area contributed by atoms with Crippen molar-refractivity contribution in [1.29, 1.82) is 0 Å². The first-order valence-corrected chi connectivity index (χ1v) is 8.23. The van der Waals surface area contributed by atoms with E-state index in [1.165, 1.54) is 19.7 Å². The molecule has 0 spiro atoms. The third-order valence-corrected chi connectivity index (χ3v) is 4.37. The molecular weight excluding hydrogens is 302 g/mol. The van der Waals surface area contributed by atoms with Crippen molar-refractivity contribution in [2.45, 2.75) is 6.42 Å². The first-order valence-electron chi connectivity index (χ1n) is 6.79. The van der Waals surface area contributed by atoms with Gasteiger partial charge in [0, 0.05) is 20.6 Å². The number of aromatic nitrogens is 2. The molecule has 0 atom stereocenters. The van der Waals surface area contributed by atoms with Crippen LogP contribution in [0.5, 0.6) is 0 Å². The molecule has 0 radical (unpaired) electrons. The number of nitrogens with zero attached hydrogens (tertiary/aromatic N) is 3. The molecule has 2 N–H and O–H groups in total. The topological polar surface area (TPSA) is 87.2 Å². The van der Waals surface area contributed by atoms with Crippen LogP contribution in [-0.2, 0) is 16.6 Å². The molecule has 0 bridgehead atoms. The molecule has 8 heteroatoms. The third-order valence-electron chi connectivity index (χ3n) is 2.94. The van der Waals surface area contributed by atoms with E-state index in [1.54, 1.807) is 12.1 Å². The number of hydrogen-bond donors (Lipinski definition) is 2. The maximum absolute atomic E-state index is 11.6. The molecule has 1 aromatic carbocycles. The Bertz CT molecular complexity index is 687. The van der Waals surface area contributed by atoms with E-state index >= 15 is 0 Å². The molecule has 2 rings (SSSR count). The average Bonchev–Trinajstić information content (AvgIpc) is 2.50. The molecule has 0 saturated heterocycles. The lowest BCUT2D eigenvalue weighted by molar-refractivity contribution is 0.526. The Morgan fingerprint density at radius 1 is 1.00 bits per heavy atom. The van der Waals surface area contributed by atoms with Crippen LogP contribution in [0.4, 0.5) is 11.6 Å². The van der Waals surface area contributed by atoms with E-state index in [4.69, 9.17) is 0 Å². The van der Waals surface area contributed by atoms with Gasteiger partial charge in [-0.15, -0.1) is 10.2 Å². The van der Waals surface area contributed by atoms with Crippen molar-refractivity contribution in [3.63, 3.8) is 0 Å². The van der Waals surface area contributed by atoms with Crippen LogP contribution in [0.2, 0.25) is 0 Å². The van der Waals surface area contributed by atoms with Crippen molar-refractivity contribution in [3.05, 3.63) is 48.0 Å². The minimum atomic E-state index is -3.56. The molecule has 0 aliphatic carbocycles. The monoisotopic (exact) mass is 321 g/mol. The van der Waals surface area contributed by atoms with Gasteiger partial charge in [0.15, 0.2) is 5.82 Å². The zero-order chi connectivity index (χ0) is 16.0. The number of rotatable bonds is 7. The first-order chi connectivity index (χ1) is 10.5. The van der Waals surface area contributed by atoms with Crippen LogP contribution in [0.25, 0.3) is 0 Å². The van der Waals surface area contributed by atoms with E-state index < -0.39 is 10.2 Å². The summed E-state index contributed by atoms with van der Waals surface area (Å²) >= 11 is 0. The minimum absolute atomic E-state index is 0.183. The van der Waals surface area contributed by atoms with Gasteiger partial charge in [-0.05, 0) is 24.1 Å². The summed E-state index contributed by atoms with van der Waals surface area (Å²) in [6, 6.07) is 13.4. The summed E-state index contributed by atoms with van der Waals surface area (Å²) in [5, 5.41) is 10.9. The molecule has 118 valence electrons. The summed E-state index contributed by atoms with van der Waals surface area (Å²) in [4.78, 5) is 0. The fourth-order valence-corrected chi connectivity index (χ4v) is 2.24. The SMILES string of the molecule is CN(C)S(=O)(=O)Nc1ccc(NCCc2ccccc2)nn1. The van der Waals surface area contributed by atoms with Gasteiger partial charge in [-0.1, -0.05) is 30.3 Å². The zero-order valence-corrected chi connectivity index (χ0v) is 13.3. The minimum Gasteiger partial charge on any atom is -0.368 e. The maximum Gasteiger partial charge on any atom is 0.302 e. The highest BCUT2D eigenvalue weighted by Gasteiger charge is 2.13. The number of nitrogens with one attached hydrogen (secondary N) is 2. The van der Waals surface area contributed by atoms with Crippen molar-refractivity contribution in [1.82, 2.24) is 14.5 Å². The molecule has 0 amide bonds. The Morgan fingerprint density at radius 3 is 2.23 bits per heavy atom. The lowest BCUT2D eigenvalue weighted by Crippen LogP contribution is -2.29. The van der Waals surface area contributed by atoms with E-state index in [0.717, 1.165) is 17.3 Å². The lowest BCUT2D eigenvalue weighted by atomic mass is 10.1. The first kappa shape index (κ1) is 16.2. The summed E-state index contributed by atoms with van der Waals surface area (Å²) < 4.78 is 26.7. The van der Waals surface area contributed by atoms with Crippen LogP contribution in [0.1, 0.15) is 5.56 Å². The Morgan fingerprint density at radius 2 is 1.64 bits per heavy atom. The molecule has 0 aliphatic rings.